The first-order valence-corrected chi connectivity index (χ1v) is 9.56. The van der Waals surface area contributed by atoms with Crippen LogP contribution in [-0.2, 0) is 0 Å². The Morgan fingerprint density at radius 2 is 1.69 bits per heavy atom. The van der Waals surface area contributed by atoms with Gasteiger partial charge in [-0.3, -0.25) is 4.79 Å². The topological polar surface area (TPSA) is 61.4 Å². The number of aromatic nitrogens is 2. The maximum atomic E-state index is 14.0. The Morgan fingerprint density at radius 1 is 0.931 bits per heavy atom. The van der Waals surface area contributed by atoms with E-state index in [1.54, 1.807) is 24.3 Å². The van der Waals surface area contributed by atoms with E-state index in [2.05, 4.69) is 20.4 Å². The molecule has 0 radical (unpaired) electrons. The van der Waals surface area contributed by atoms with E-state index >= 15 is 0 Å². The summed E-state index contributed by atoms with van der Waals surface area (Å²) in [6.45, 7) is 4.77. The van der Waals surface area contributed by atoms with Crippen LogP contribution < -0.4 is 15.1 Å². The highest BCUT2D eigenvalue weighted by molar-refractivity contribution is 6.02. The number of carbonyl (C=O) groups excluding carboxylic acids is 1. The monoisotopic (exact) mass is 391 g/mol. The van der Waals surface area contributed by atoms with Crippen molar-refractivity contribution in [3.63, 3.8) is 0 Å². The molecule has 0 saturated carbocycles. The Morgan fingerprint density at radius 3 is 2.38 bits per heavy atom. The van der Waals surface area contributed by atoms with Gasteiger partial charge in [0.2, 0.25) is 0 Å². The van der Waals surface area contributed by atoms with Crippen LogP contribution in [0, 0.1) is 12.7 Å². The zero-order valence-electron chi connectivity index (χ0n) is 16.2. The molecule has 2 aromatic carbocycles. The SMILES string of the molecule is Cc1cccc(NC(=O)c2ccc(N3CCN(c4ccccc4F)CC3)nn2)c1. The highest BCUT2D eigenvalue weighted by Gasteiger charge is 2.21. The van der Waals surface area contributed by atoms with Crippen LogP contribution in [-0.4, -0.2) is 42.3 Å². The molecule has 7 heteroatoms. The summed E-state index contributed by atoms with van der Waals surface area (Å²) in [7, 11) is 0. The summed E-state index contributed by atoms with van der Waals surface area (Å²) in [5.74, 6) is 0.217. The standard InChI is InChI=1S/C22H22FN5O/c1-16-5-4-6-17(15-16)24-22(29)19-9-10-21(26-25-19)28-13-11-27(12-14-28)20-8-3-2-7-18(20)23/h2-10,15H,11-14H2,1H3,(H,24,29). The smallest absolute Gasteiger partial charge is 0.276 e. The molecule has 1 aromatic heterocycles. The number of rotatable bonds is 4. The van der Waals surface area contributed by atoms with E-state index < -0.39 is 0 Å². The van der Waals surface area contributed by atoms with Crippen LogP contribution in [0.4, 0.5) is 21.6 Å². The Balaban J connectivity index is 1.37. The minimum atomic E-state index is -0.293. The van der Waals surface area contributed by atoms with E-state index in [1.807, 2.05) is 42.2 Å². The molecular formula is C22H22FN5O. The van der Waals surface area contributed by atoms with E-state index in [-0.39, 0.29) is 17.4 Å². The second-order valence-corrected chi connectivity index (χ2v) is 7.03. The molecule has 1 aliphatic heterocycles. The fourth-order valence-electron chi connectivity index (χ4n) is 3.42. The Kier molecular flexibility index (Phi) is 5.37. The minimum Gasteiger partial charge on any atom is -0.366 e. The van der Waals surface area contributed by atoms with Gasteiger partial charge in [-0.25, -0.2) is 4.39 Å². The summed E-state index contributed by atoms with van der Waals surface area (Å²) in [6, 6.07) is 17.9. The lowest BCUT2D eigenvalue weighted by molar-refractivity contribution is 0.102. The van der Waals surface area contributed by atoms with Gasteiger partial charge in [0.25, 0.3) is 5.91 Å². The molecule has 1 N–H and O–H groups in total. The zero-order valence-corrected chi connectivity index (χ0v) is 16.2. The van der Waals surface area contributed by atoms with Crippen LogP contribution in [0.25, 0.3) is 0 Å². The van der Waals surface area contributed by atoms with Gasteiger partial charge in [-0.1, -0.05) is 24.3 Å². The predicted octanol–water partition coefficient (Wildman–Crippen LogP) is 3.50. The molecule has 148 valence electrons. The molecule has 2 heterocycles. The third-order valence-corrected chi connectivity index (χ3v) is 4.96. The largest absolute Gasteiger partial charge is 0.366 e. The van der Waals surface area contributed by atoms with Crippen molar-refractivity contribution in [3.8, 4) is 0 Å². The van der Waals surface area contributed by atoms with Crippen molar-refractivity contribution in [1.29, 1.82) is 0 Å². The fourth-order valence-corrected chi connectivity index (χ4v) is 3.42. The number of anilines is 3. The van der Waals surface area contributed by atoms with Crippen LogP contribution in [0.1, 0.15) is 16.1 Å². The summed E-state index contributed by atoms with van der Waals surface area (Å²) < 4.78 is 14.0. The van der Waals surface area contributed by atoms with Crippen molar-refractivity contribution < 1.29 is 9.18 Å². The number of hydrogen-bond acceptors (Lipinski definition) is 5. The zero-order chi connectivity index (χ0) is 20.2. The molecule has 0 aliphatic carbocycles. The number of aryl methyl sites for hydroxylation is 1. The van der Waals surface area contributed by atoms with Gasteiger partial charge in [-0.15, -0.1) is 10.2 Å². The van der Waals surface area contributed by atoms with Gasteiger partial charge in [0.05, 0.1) is 5.69 Å². The third kappa shape index (κ3) is 4.34. The van der Waals surface area contributed by atoms with Gasteiger partial charge in [-0.2, -0.15) is 0 Å². The van der Waals surface area contributed by atoms with Gasteiger partial charge >= 0.3 is 0 Å². The number of hydrogen-bond donors (Lipinski definition) is 1. The van der Waals surface area contributed by atoms with E-state index in [0.717, 1.165) is 11.3 Å². The number of halogens is 1. The molecule has 0 spiro atoms. The van der Waals surface area contributed by atoms with E-state index in [0.29, 0.717) is 37.7 Å². The van der Waals surface area contributed by atoms with Crippen LogP contribution in [0.2, 0.25) is 0 Å². The Labute approximate surface area is 169 Å². The second-order valence-electron chi connectivity index (χ2n) is 7.03. The normalized spacial score (nSPS) is 14.0. The van der Waals surface area contributed by atoms with Crippen molar-refractivity contribution >= 4 is 23.1 Å². The molecule has 0 unspecified atom stereocenters. The van der Waals surface area contributed by atoms with Gasteiger partial charge in [0.15, 0.2) is 11.5 Å². The lowest BCUT2D eigenvalue weighted by Gasteiger charge is -2.36. The van der Waals surface area contributed by atoms with Gasteiger partial charge in [0, 0.05) is 31.9 Å². The molecule has 1 amide bonds. The van der Waals surface area contributed by atoms with Crippen LogP contribution in [0.5, 0.6) is 0 Å². The van der Waals surface area contributed by atoms with Crippen LogP contribution in [0.15, 0.2) is 60.7 Å². The number of piperazine rings is 1. The third-order valence-electron chi connectivity index (χ3n) is 4.96. The molecule has 1 fully saturated rings. The molecular weight excluding hydrogens is 369 g/mol. The Hall–Kier alpha value is -3.48. The molecule has 6 nitrogen and oxygen atoms in total. The van der Waals surface area contributed by atoms with Gasteiger partial charge in [-0.05, 0) is 48.9 Å². The first kappa shape index (κ1) is 18.9. The minimum absolute atomic E-state index is 0.204. The van der Waals surface area contributed by atoms with Crippen LogP contribution in [0.3, 0.4) is 0 Å². The number of amides is 1. The second kappa shape index (κ2) is 8.26. The molecule has 4 rings (SSSR count). The lowest BCUT2D eigenvalue weighted by atomic mass is 10.2. The maximum absolute atomic E-state index is 14.0. The molecule has 1 saturated heterocycles. The van der Waals surface area contributed by atoms with E-state index in [1.165, 1.54) is 6.07 Å². The molecule has 0 bridgehead atoms. The van der Waals surface area contributed by atoms with Crippen molar-refractivity contribution in [2.75, 3.05) is 41.3 Å². The number of nitrogens with zero attached hydrogens (tertiary/aromatic N) is 4. The molecule has 29 heavy (non-hydrogen) atoms. The highest BCUT2D eigenvalue weighted by Crippen LogP contribution is 2.22. The first-order chi connectivity index (χ1) is 14.1. The Bertz CT molecular complexity index is 1000. The average molecular weight is 391 g/mol. The number of benzene rings is 2. The van der Waals surface area contributed by atoms with Crippen molar-refractivity contribution in [2.24, 2.45) is 0 Å². The van der Waals surface area contributed by atoms with E-state index in [4.69, 9.17) is 0 Å². The summed E-state index contributed by atoms with van der Waals surface area (Å²) in [4.78, 5) is 16.5. The molecule has 0 atom stereocenters. The van der Waals surface area contributed by atoms with Crippen LogP contribution >= 0.6 is 0 Å². The fraction of sp³-hybridized carbons (Fsp3) is 0.227. The van der Waals surface area contributed by atoms with Crippen molar-refractivity contribution in [2.45, 2.75) is 6.92 Å². The summed E-state index contributed by atoms with van der Waals surface area (Å²) in [6.07, 6.45) is 0. The highest BCUT2D eigenvalue weighted by atomic mass is 19.1. The number of carbonyl (C=O) groups is 1. The van der Waals surface area contributed by atoms with Crippen molar-refractivity contribution in [3.05, 3.63) is 77.7 Å². The van der Waals surface area contributed by atoms with E-state index in [9.17, 15) is 9.18 Å². The quantitative estimate of drug-likeness (QED) is 0.738. The van der Waals surface area contributed by atoms with Crippen molar-refractivity contribution in [1.82, 2.24) is 10.2 Å². The lowest BCUT2D eigenvalue weighted by Crippen LogP contribution is -2.47. The molecule has 3 aromatic rings. The first-order valence-electron chi connectivity index (χ1n) is 9.56. The van der Waals surface area contributed by atoms with Gasteiger partial charge < -0.3 is 15.1 Å². The summed E-state index contributed by atoms with van der Waals surface area (Å²) in [5.41, 5.74) is 2.69. The predicted molar refractivity (Wildman–Crippen MR) is 112 cm³/mol. The summed E-state index contributed by atoms with van der Waals surface area (Å²) in [5, 5.41) is 11.1. The number of para-hydroxylation sites is 1. The maximum Gasteiger partial charge on any atom is 0.276 e. The van der Waals surface area contributed by atoms with Gasteiger partial charge in [0.1, 0.15) is 5.82 Å². The molecule has 1 aliphatic rings. The number of nitrogens with one attached hydrogen (secondary N) is 1. The summed E-state index contributed by atoms with van der Waals surface area (Å²) >= 11 is 0. The average Bonchev–Trinajstić information content (AvgIpc) is 2.74.